The van der Waals surface area contributed by atoms with Gasteiger partial charge in [0.2, 0.25) is 0 Å². The van der Waals surface area contributed by atoms with E-state index in [1.54, 1.807) is 0 Å². The summed E-state index contributed by atoms with van der Waals surface area (Å²) in [6.45, 7) is 6.58. The average molecular weight is 259 g/mol. The predicted octanol–water partition coefficient (Wildman–Crippen LogP) is 4.18. The van der Waals surface area contributed by atoms with Crippen molar-refractivity contribution < 1.29 is 0 Å². The maximum Gasteiger partial charge on any atom is 0.0453 e. The van der Waals surface area contributed by atoms with E-state index in [1.165, 1.54) is 26.4 Å². The van der Waals surface area contributed by atoms with Crippen LogP contribution in [0, 0.1) is 20.8 Å². The second-order valence-corrected chi connectivity index (χ2v) is 6.15. The van der Waals surface area contributed by atoms with Crippen molar-refractivity contribution in [3.8, 4) is 0 Å². The molecule has 0 aliphatic carbocycles. The van der Waals surface area contributed by atoms with Crippen LogP contribution in [-0.4, -0.2) is 7.05 Å². The molecule has 1 N–H and O–H groups in total. The Balaban J connectivity index is 2.22. The van der Waals surface area contributed by atoms with E-state index in [4.69, 9.17) is 0 Å². The van der Waals surface area contributed by atoms with Crippen LogP contribution >= 0.6 is 11.3 Å². The molecule has 2 heteroatoms. The molecule has 2 aromatic rings. The largest absolute Gasteiger partial charge is 0.312 e. The SMILES string of the molecule is CNC(Cc1ccccc1C)c1cc(C)c(C)s1. The standard InChI is InChI=1S/C16H21NS/c1-11-7-5-6-8-14(11)10-15(17-4)16-9-12(2)13(3)18-16/h5-9,15,17H,10H2,1-4H3. The molecule has 0 saturated heterocycles. The predicted molar refractivity (Wildman–Crippen MR) is 80.5 cm³/mol. The van der Waals surface area contributed by atoms with Crippen LogP contribution in [0.4, 0.5) is 0 Å². The molecular weight excluding hydrogens is 238 g/mol. The molecule has 1 heterocycles. The summed E-state index contributed by atoms with van der Waals surface area (Å²) in [6.07, 6.45) is 1.06. The highest BCUT2D eigenvalue weighted by Crippen LogP contribution is 2.29. The monoisotopic (exact) mass is 259 g/mol. The van der Waals surface area contributed by atoms with E-state index in [2.05, 4.69) is 56.4 Å². The zero-order chi connectivity index (χ0) is 13.1. The molecule has 2 rings (SSSR count). The van der Waals surface area contributed by atoms with Crippen molar-refractivity contribution in [2.45, 2.75) is 33.2 Å². The number of likely N-dealkylation sites (N-methyl/N-ethyl adjacent to an activating group) is 1. The quantitative estimate of drug-likeness (QED) is 0.868. The summed E-state index contributed by atoms with van der Waals surface area (Å²) in [6, 6.07) is 11.4. The molecule has 0 fully saturated rings. The van der Waals surface area contributed by atoms with Gasteiger partial charge in [-0.3, -0.25) is 0 Å². The van der Waals surface area contributed by atoms with Crippen LogP contribution < -0.4 is 5.32 Å². The molecule has 1 aromatic heterocycles. The van der Waals surface area contributed by atoms with Gasteiger partial charge in [0.05, 0.1) is 0 Å². The molecule has 0 aliphatic rings. The van der Waals surface area contributed by atoms with Crippen LogP contribution in [0.2, 0.25) is 0 Å². The first kappa shape index (κ1) is 13.3. The molecule has 1 unspecified atom stereocenters. The van der Waals surface area contributed by atoms with Crippen molar-refractivity contribution in [1.82, 2.24) is 5.32 Å². The molecule has 1 nitrogen and oxygen atoms in total. The van der Waals surface area contributed by atoms with Gasteiger partial charge in [-0.05, 0) is 57.0 Å². The number of aryl methyl sites for hydroxylation is 3. The van der Waals surface area contributed by atoms with E-state index < -0.39 is 0 Å². The third-order valence-corrected chi connectivity index (χ3v) is 4.83. The lowest BCUT2D eigenvalue weighted by Gasteiger charge is -2.16. The Kier molecular flexibility index (Phi) is 4.20. The van der Waals surface area contributed by atoms with Crippen molar-refractivity contribution >= 4 is 11.3 Å². The summed E-state index contributed by atoms with van der Waals surface area (Å²) < 4.78 is 0. The topological polar surface area (TPSA) is 12.0 Å². The van der Waals surface area contributed by atoms with Crippen LogP contribution in [0.3, 0.4) is 0 Å². The van der Waals surface area contributed by atoms with E-state index in [9.17, 15) is 0 Å². The highest BCUT2D eigenvalue weighted by molar-refractivity contribution is 7.12. The summed E-state index contributed by atoms with van der Waals surface area (Å²) in [4.78, 5) is 2.87. The van der Waals surface area contributed by atoms with Crippen molar-refractivity contribution in [3.05, 3.63) is 56.8 Å². The lowest BCUT2D eigenvalue weighted by Crippen LogP contribution is -2.18. The Morgan fingerprint density at radius 2 is 1.83 bits per heavy atom. The molecule has 1 aromatic carbocycles. The Hall–Kier alpha value is -1.12. The van der Waals surface area contributed by atoms with Crippen molar-refractivity contribution in [1.29, 1.82) is 0 Å². The van der Waals surface area contributed by atoms with Crippen LogP contribution in [-0.2, 0) is 6.42 Å². The van der Waals surface area contributed by atoms with Crippen molar-refractivity contribution in [2.75, 3.05) is 7.05 Å². The lowest BCUT2D eigenvalue weighted by molar-refractivity contribution is 0.600. The molecule has 0 spiro atoms. The smallest absolute Gasteiger partial charge is 0.0453 e. The summed E-state index contributed by atoms with van der Waals surface area (Å²) >= 11 is 1.91. The van der Waals surface area contributed by atoms with E-state index in [0.717, 1.165) is 6.42 Å². The first-order valence-electron chi connectivity index (χ1n) is 6.40. The molecule has 0 bridgehead atoms. The number of nitrogens with one attached hydrogen (secondary N) is 1. The Labute approximate surface area is 114 Å². The van der Waals surface area contributed by atoms with Gasteiger partial charge in [0.15, 0.2) is 0 Å². The van der Waals surface area contributed by atoms with Gasteiger partial charge in [-0.25, -0.2) is 0 Å². The summed E-state index contributed by atoms with van der Waals surface area (Å²) in [7, 11) is 2.05. The summed E-state index contributed by atoms with van der Waals surface area (Å²) in [5.74, 6) is 0. The molecular formula is C16H21NS. The first-order chi connectivity index (χ1) is 8.61. The highest BCUT2D eigenvalue weighted by atomic mass is 32.1. The minimum Gasteiger partial charge on any atom is -0.312 e. The van der Waals surface area contributed by atoms with E-state index in [0.29, 0.717) is 6.04 Å². The Morgan fingerprint density at radius 3 is 2.39 bits per heavy atom. The maximum absolute atomic E-state index is 3.45. The van der Waals surface area contributed by atoms with Gasteiger partial charge < -0.3 is 5.32 Å². The molecule has 1 atom stereocenters. The van der Waals surface area contributed by atoms with Gasteiger partial charge in [-0.1, -0.05) is 24.3 Å². The molecule has 0 radical (unpaired) electrons. The van der Waals surface area contributed by atoms with Crippen molar-refractivity contribution in [2.24, 2.45) is 0 Å². The van der Waals surface area contributed by atoms with Gasteiger partial charge in [-0.2, -0.15) is 0 Å². The van der Waals surface area contributed by atoms with Gasteiger partial charge in [-0.15, -0.1) is 11.3 Å². The number of thiophene rings is 1. The Bertz CT molecular complexity index is 508. The number of hydrogen-bond donors (Lipinski definition) is 1. The minimum absolute atomic E-state index is 0.420. The normalized spacial score (nSPS) is 12.7. The van der Waals surface area contributed by atoms with Gasteiger partial charge in [0.1, 0.15) is 0 Å². The Morgan fingerprint density at radius 1 is 1.11 bits per heavy atom. The fourth-order valence-corrected chi connectivity index (χ4v) is 3.33. The summed E-state index contributed by atoms with van der Waals surface area (Å²) in [5.41, 5.74) is 4.21. The number of hydrogen-bond acceptors (Lipinski definition) is 2. The maximum atomic E-state index is 3.45. The first-order valence-corrected chi connectivity index (χ1v) is 7.22. The molecule has 0 aliphatic heterocycles. The second kappa shape index (κ2) is 5.68. The zero-order valence-electron chi connectivity index (χ0n) is 11.6. The molecule has 0 amide bonds. The van der Waals surface area contributed by atoms with Crippen molar-refractivity contribution in [3.63, 3.8) is 0 Å². The van der Waals surface area contributed by atoms with Crippen LogP contribution in [0.5, 0.6) is 0 Å². The van der Waals surface area contributed by atoms with Gasteiger partial charge in [0.25, 0.3) is 0 Å². The minimum atomic E-state index is 0.420. The summed E-state index contributed by atoms with van der Waals surface area (Å²) in [5, 5.41) is 3.45. The zero-order valence-corrected chi connectivity index (χ0v) is 12.4. The molecule has 96 valence electrons. The molecule has 18 heavy (non-hydrogen) atoms. The highest BCUT2D eigenvalue weighted by Gasteiger charge is 2.14. The average Bonchev–Trinajstić information content (AvgIpc) is 2.68. The third-order valence-electron chi connectivity index (χ3n) is 3.56. The second-order valence-electron chi connectivity index (χ2n) is 4.86. The van der Waals surface area contributed by atoms with Gasteiger partial charge in [0, 0.05) is 15.8 Å². The van der Waals surface area contributed by atoms with E-state index in [1.807, 2.05) is 18.4 Å². The number of rotatable bonds is 4. The van der Waals surface area contributed by atoms with E-state index >= 15 is 0 Å². The third kappa shape index (κ3) is 2.82. The van der Waals surface area contributed by atoms with Crippen LogP contribution in [0.1, 0.15) is 32.5 Å². The van der Waals surface area contributed by atoms with Crippen LogP contribution in [0.15, 0.2) is 30.3 Å². The number of benzene rings is 1. The fraction of sp³-hybridized carbons (Fsp3) is 0.375. The lowest BCUT2D eigenvalue weighted by atomic mass is 10.00. The van der Waals surface area contributed by atoms with Gasteiger partial charge >= 0.3 is 0 Å². The molecule has 0 saturated carbocycles. The van der Waals surface area contributed by atoms with Crippen LogP contribution in [0.25, 0.3) is 0 Å². The fourth-order valence-electron chi connectivity index (χ4n) is 2.18. The van der Waals surface area contributed by atoms with E-state index in [-0.39, 0.29) is 0 Å².